The number of anilines is 1. The van der Waals surface area contributed by atoms with Crippen LogP contribution in [0.2, 0.25) is 0 Å². The van der Waals surface area contributed by atoms with Gasteiger partial charge in [-0.25, -0.2) is 14.2 Å². The predicted molar refractivity (Wildman–Crippen MR) is 94.1 cm³/mol. The summed E-state index contributed by atoms with van der Waals surface area (Å²) in [5.74, 6) is -0.482. The lowest BCUT2D eigenvalue weighted by atomic mass is 10.1. The molecule has 1 N–H and O–H groups in total. The van der Waals surface area contributed by atoms with Gasteiger partial charge in [0.25, 0.3) is 0 Å². The van der Waals surface area contributed by atoms with E-state index in [-0.39, 0.29) is 30.2 Å². The standard InChI is InChI=1S/C17H19FN4O2S/c1-11(13-5-3-4-6-14(13)18)21(2)15(23)9-12-10-25-17(20-12)22-8-7-19-16(22)24/h3-6,10-11H,7-9H2,1-2H3,(H,19,24). The molecule has 1 aliphatic heterocycles. The Balaban J connectivity index is 1.67. The topological polar surface area (TPSA) is 65.5 Å². The van der Waals surface area contributed by atoms with Gasteiger partial charge in [0.1, 0.15) is 5.82 Å². The average molecular weight is 362 g/mol. The maximum Gasteiger partial charge on any atom is 0.323 e. The predicted octanol–water partition coefficient (Wildman–Crippen LogP) is 2.57. The molecular weight excluding hydrogens is 343 g/mol. The minimum absolute atomic E-state index is 0.112. The summed E-state index contributed by atoms with van der Waals surface area (Å²) < 4.78 is 13.9. The first-order valence-corrected chi connectivity index (χ1v) is 8.85. The number of carbonyl (C=O) groups excluding carboxylic acids is 2. The zero-order valence-electron chi connectivity index (χ0n) is 14.0. The Morgan fingerprint density at radius 3 is 2.92 bits per heavy atom. The number of hydrogen-bond acceptors (Lipinski definition) is 4. The summed E-state index contributed by atoms with van der Waals surface area (Å²) in [4.78, 5) is 31.6. The van der Waals surface area contributed by atoms with E-state index in [1.807, 2.05) is 0 Å². The summed E-state index contributed by atoms with van der Waals surface area (Å²) in [6, 6.07) is 5.89. The number of nitrogens with zero attached hydrogens (tertiary/aromatic N) is 3. The average Bonchev–Trinajstić information content (AvgIpc) is 3.22. The molecule has 1 unspecified atom stereocenters. The quantitative estimate of drug-likeness (QED) is 0.889. The molecule has 3 rings (SSSR count). The van der Waals surface area contributed by atoms with Crippen LogP contribution < -0.4 is 10.2 Å². The largest absolute Gasteiger partial charge is 0.339 e. The minimum atomic E-state index is -0.379. The van der Waals surface area contributed by atoms with Gasteiger partial charge in [-0.05, 0) is 13.0 Å². The van der Waals surface area contributed by atoms with Gasteiger partial charge in [-0.15, -0.1) is 11.3 Å². The highest BCUT2D eigenvalue weighted by atomic mass is 32.1. The Kier molecular flexibility index (Phi) is 4.98. The van der Waals surface area contributed by atoms with E-state index >= 15 is 0 Å². The number of nitrogens with one attached hydrogen (secondary N) is 1. The van der Waals surface area contributed by atoms with Crippen LogP contribution >= 0.6 is 11.3 Å². The molecule has 6 nitrogen and oxygen atoms in total. The summed E-state index contributed by atoms with van der Waals surface area (Å²) in [7, 11) is 1.65. The number of benzene rings is 1. The van der Waals surface area contributed by atoms with Crippen molar-refractivity contribution in [1.82, 2.24) is 15.2 Å². The van der Waals surface area contributed by atoms with E-state index in [4.69, 9.17) is 0 Å². The molecule has 0 saturated carbocycles. The summed E-state index contributed by atoms with van der Waals surface area (Å²) in [5, 5.41) is 5.08. The maximum absolute atomic E-state index is 13.9. The van der Waals surface area contributed by atoms with Crippen molar-refractivity contribution < 1.29 is 14.0 Å². The van der Waals surface area contributed by atoms with Crippen molar-refractivity contribution in [2.45, 2.75) is 19.4 Å². The monoisotopic (exact) mass is 362 g/mol. The molecule has 1 atom stereocenters. The number of hydrogen-bond donors (Lipinski definition) is 1. The number of likely N-dealkylation sites (N-methyl/N-ethyl adjacent to an activating group) is 1. The Hall–Kier alpha value is -2.48. The number of urea groups is 1. The fraction of sp³-hybridized carbons (Fsp3) is 0.353. The van der Waals surface area contributed by atoms with Crippen LogP contribution in [0.4, 0.5) is 14.3 Å². The van der Waals surface area contributed by atoms with Crippen molar-refractivity contribution in [3.8, 4) is 0 Å². The van der Waals surface area contributed by atoms with Crippen molar-refractivity contribution in [3.05, 3.63) is 46.7 Å². The van der Waals surface area contributed by atoms with Gasteiger partial charge >= 0.3 is 6.03 Å². The Labute approximate surface area is 149 Å². The summed E-state index contributed by atoms with van der Waals surface area (Å²) in [6.07, 6.45) is 0.112. The van der Waals surface area contributed by atoms with Gasteiger partial charge in [0.15, 0.2) is 5.13 Å². The van der Waals surface area contributed by atoms with E-state index < -0.39 is 0 Å². The first-order chi connectivity index (χ1) is 12.0. The van der Waals surface area contributed by atoms with Gasteiger partial charge in [0.2, 0.25) is 5.91 Å². The van der Waals surface area contributed by atoms with E-state index in [1.54, 1.807) is 42.5 Å². The molecule has 1 fully saturated rings. The third-order valence-corrected chi connectivity index (χ3v) is 5.20. The molecule has 2 heterocycles. The molecule has 132 valence electrons. The van der Waals surface area contributed by atoms with Crippen LogP contribution in [0.3, 0.4) is 0 Å². The highest BCUT2D eigenvalue weighted by Crippen LogP contribution is 2.25. The van der Waals surface area contributed by atoms with Crippen molar-refractivity contribution >= 4 is 28.4 Å². The minimum Gasteiger partial charge on any atom is -0.339 e. The van der Waals surface area contributed by atoms with Crippen LogP contribution in [-0.4, -0.2) is 42.0 Å². The van der Waals surface area contributed by atoms with E-state index in [0.29, 0.717) is 29.5 Å². The van der Waals surface area contributed by atoms with Crippen LogP contribution in [0.25, 0.3) is 0 Å². The molecule has 1 aromatic carbocycles. The van der Waals surface area contributed by atoms with Gasteiger partial charge in [-0.1, -0.05) is 18.2 Å². The number of aromatic nitrogens is 1. The van der Waals surface area contributed by atoms with E-state index in [1.165, 1.54) is 22.3 Å². The summed E-state index contributed by atoms with van der Waals surface area (Å²) in [5.41, 5.74) is 1.09. The lowest BCUT2D eigenvalue weighted by molar-refractivity contribution is -0.131. The molecule has 3 amide bonds. The van der Waals surface area contributed by atoms with Crippen LogP contribution in [0.1, 0.15) is 24.2 Å². The fourth-order valence-electron chi connectivity index (χ4n) is 2.67. The van der Waals surface area contributed by atoms with Crippen molar-refractivity contribution in [2.24, 2.45) is 0 Å². The lowest BCUT2D eigenvalue weighted by Crippen LogP contribution is -2.31. The molecule has 1 aliphatic rings. The third-order valence-electron chi connectivity index (χ3n) is 4.29. The molecular formula is C17H19FN4O2S. The fourth-order valence-corrected chi connectivity index (χ4v) is 3.52. The lowest BCUT2D eigenvalue weighted by Gasteiger charge is -2.25. The normalized spacial score (nSPS) is 15.2. The van der Waals surface area contributed by atoms with E-state index in [9.17, 15) is 14.0 Å². The van der Waals surface area contributed by atoms with Gasteiger partial charge < -0.3 is 10.2 Å². The Morgan fingerprint density at radius 1 is 1.48 bits per heavy atom. The van der Waals surface area contributed by atoms with Crippen molar-refractivity contribution in [1.29, 1.82) is 0 Å². The zero-order valence-corrected chi connectivity index (χ0v) is 14.8. The van der Waals surface area contributed by atoms with Gasteiger partial charge in [-0.3, -0.25) is 9.69 Å². The molecule has 25 heavy (non-hydrogen) atoms. The highest BCUT2D eigenvalue weighted by Gasteiger charge is 2.25. The second-order valence-electron chi connectivity index (χ2n) is 5.88. The van der Waals surface area contributed by atoms with Crippen molar-refractivity contribution in [2.75, 3.05) is 25.0 Å². The van der Waals surface area contributed by atoms with Crippen molar-refractivity contribution in [3.63, 3.8) is 0 Å². The number of carbonyl (C=O) groups is 2. The van der Waals surface area contributed by atoms with Crippen LogP contribution in [0, 0.1) is 5.82 Å². The van der Waals surface area contributed by atoms with Crippen LogP contribution in [0.15, 0.2) is 29.6 Å². The SMILES string of the molecule is CC(c1ccccc1F)N(C)C(=O)Cc1csc(N2CCNC2=O)n1. The third kappa shape index (κ3) is 3.63. The molecule has 1 saturated heterocycles. The molecule has 2 aromatic rings. The van der Waals surface area contributed by atoms with Gasteiger partial charge in [0.05, 0.1) is 18.2 Å². The molecule has 1 aromatic heterocycles. The van der Waals surface area contributed by atoms with Gasteiger partial charge in [-0.2, -0.15) is 0 Å². The van der Waals surface area contributed by atoms with E-state index in [0.717, 1.165) is 0 Å². The summed E-state index contributed by atoms with van der Waals surface area (Å²) >= 11 is 1.33. The van der Waals surface area contributed by atoms with Gasteiger partial charge in [0, 0.05) is 31.1 Å². The zero-order chi connectivity index (χ0) is 18.0. The van der Waals surface area contributed by atoms with E-state index in [2.05, 4.69) is 10.3 Å². The summed E-state index contributed by atoms with van der Waals surface area (Å²) in [6.45, 7) is 2.96. The maximum atomic E-state index is 13.9. The Bertz CT molecular complexity index is 794. The molecule has 0 spiro atoms. The molecule has 0 radical (unpaired) electrons. The number of halogens is 1. The second kappa shape index (κ2) is 7.18. The molecule has 8 heteroatoms. The van der Waals surface area contributed by atoms with Crippen LogP contribution in [-0.2, 0) is 11.2 Å². The molecule has 0 aliphatic carbocycles. The highest BCUT2D eigenvalue weighted by molar-refractivity contribution is 7.14. The second-order valence-corrected chi connectivity index (χ2v) is 6.72. The first-order valence-electron chi connectivity index (χ1n) is 7.97. The number of amides is 3. The number of thiazole rings is 1. The smallest absolute Gasteiger partial charge is 0.323 e. The Morgan fingerprint density at radius 2 is 2.24 bits per heavy atom. The number of rotatable bonds is 5. The molecule has 0 bridgehead atoms. The van der Waals surface area contributed by atoms with Crippen LogP contribution in [0.5, 0.6) is 0 Å². The first kappa shape index (κ1) is 17.3.